The summed E-state index contributed by atoms with van der Waals surface area (Å²) >= 11 is 0. The van der Waals surface area contributed by atoms with Crippen molar-refractivity contribution in [2.24, 2.45) is 17.6 Å². The van der Waals surface area contributed by atoms with Crippen molar-refractivity contribution >= 4 is 22.6 Å². The fourth-order valence-corrected chi connectivity index (χ4v) is 4.07. The highest BCUT2D eigenvalue weighted by molar-refractivity contribution is 5.90. The van der Waals surface area contributed by atoms with Gasteiger partial charge in [0, 0.05) is 12.6 Å². The van der Waals surface area contributed by atoms with E-state index in [2.05, 4.69) is 18.3 Å². The smallest absolute Gasteiger partial charge is 0.245 e. The summed E-state index contributed by atoms with van der Waals surface area (Å²) in [6, 6.07) is 13.8. The van der Waals surface area contributed by atoms with Gasteiger partial charge in [-0.05, 0) is 48.1 Å². The predicted molar refractivity (Wildman–Crippen MR) is 113 cm³/mol. The first-order valence-corrected chi connectivity index (χ1v) is 10.2. The molecule has 0 aromatic heterocycles. The van der Waals surface area contributed by atoms with Crippen LogP contribution in [-0.2, 0) is 16.0 Å². The molecular weight excluding hydrogens is 350 g/mol. The van der Waals surface area contributed by atoms with Gasteiger partial charge in [0.15, 0.2) is 0 Å². The Morgan fingerprint density at radius 3 is 2.54 bits per heavy atom. The van der Waals surface area contributed by atoms with E-state index in [1.807, 2.05) is 55.1 Å². The Hall–Kier alpha value is -2.40. The largest absolute Gasteiger partial charge is 0.344 e. The molecule has 2 amide bonds. The maximum atomic E-state index is 13.1. The first-order valence-electron chi connectivity index (χ1n) is 10.2. The SMILES string of the molecule is CC(C)C(NC(=O)Cc1ccc2ccccc2c1)C(=O)N1CC(CN)CC1C. The van der Waals surface area contributed by atoms with Crippen LogP contribution in [0.5, 0.6) is 0 Å². The molecule has 5 nitrogen and oxygen atoms in total. The minimum absolute atomic E-state index is 0.00492. The molecule has 0 spiro atoms. The van der Waals surface area contributed by atoms with Crippen LogP contribution < -0.4 is 11.1 Å². The molecule has 1 aliphatic rings. The minimum Gasteiger partial charge on any atom is -0.344 e. The Morgan fingerprint density at radius 1 is 1.18 bits per heavy atom. The summed E-state index contributed by atoms with van der Waals surface area (Å²) in [5.41, 5.74) is 6.74. The van der Waals surface area contributed by atoms with Crippen LogP contribution >= 0.6 is 0 Å². The summed E-state index contributed by atoms with van der Waals surface area (Å²) in [5, 5.41) is 5.25. The van der Waals surface area contributed by atoms with Gasteiger partial charge in [-0.1, -0.05) is 56.3 Å². The highest BCUT2D eigenvalue weighted by atomic mass is 16.2. The zero-order valence-corrected chi connectivity index (χ0v) is 17.0. The minimum atomic E-state index is -0.507. The van der Waals surface area contributed by atoms with Crippen LogP contribution in [0.4, 0.5) is 0 Å². The molecule has 1 heterocycles. The molecule has 150 valence electrons. The van der Waals surface area contributed by atoms with Crippen molar-refractivity contribution in [3.05, 3.63) is 48.0 Å². The maximum absolute atomic E-state index is 13.1. The zero-order valence-electron chi connectivity index (χ0n) is 17.0. The molecule has 0 aliphatic carbocycles. The molecule has 3 atom stereocenters. The number of nitrogens with zero attached hydrogens (tertiary/aromatic N) is 1. The van der Waals surface area contributed by atoms with Gasteiger partial charge in [-0.3, -0.25) is 9.59 Å². The molecule has 3 N–H and O–H groups in total. The molecule has 1 fully saturated rings. The third kappa shape index (κ3) is 4.53. The van der Waals surface area contributed by atoms with Crippen LogP contribution in [0.15, 0.2) is 42.5 Å². The summed E-state index contributed by atoms with van der Waals surface area (Å²) in [7, 11) is 0. The number of nitrogens with one attached hydrogen (secondary N) is 1. The number of carbonyl (C=O) groups excluding carboxylic acids is 2. The van der Waals surface area contributed by atoms with Crippen molar-refractivity contribution < 1.29 is 9.59 Å². The van der Waals surface area contributed by atoms with Gasteiger partial charge in [0.1, 0.15) is 6.04 Å². The van der Waals surface area contributed by atoms with Crippen molar-refractivity contribution in [1.82, 2.24) is 10.2 Å². The van der Waals surface area contributed by atoms with Crippen LogP contribution in [0, 0.1) is 11.8 Å². The van der Waals surface area contributed by atoms with Gasteiger partial charge >= 0.3 is 0 Å². The number of likely N-dealkylation sites (tertiary alicyclic amines) is 1. The van der Waals surface area contributed by atoms with Gasteiger partial charge in [0.05, 0.1) is 6.42 Å². The number of fused-ring (bicyclic) bond motifs is 1. The number of rotatable bonds is 6. The number of hydrogen-bond donors (Lipinski definition) is 2. The predicted octanol–water partition coefficient (Wildman–Crippen LogP) is 2.72. The lowest BCUT2D eigenvalue weighted by Gasteiger charge is -2.29. The molecule has 2 aromatic rings. The fraction of sp³-hybridized carbons (Fsp3) is 0.478. The number of carbonyl (C=O) groups is 2. The molecule has 1 aliphatic heterocycles. The van der Waals surface area contributed by atoms with E-state index in [-0.39, 0.29) is 30.2 Å². The van der Waals surface area contributed by atoms with Crippen molar-refractivity contribution in [2.75, 3.05) is 13.1 Å². The molecule has 0 radical (unpaired) electrons. The van der Waals surface area contributed by atoms with E-state index in [1.54, 1.807) is 0 Å². The van der Waals surface area contributed by atoms with Gasteiger partial charge in [0.2, 0.25) is 11.8 Å². The fourth-order valence-electron chi connectivity index (χ4n) is 4.07. The van der Waals surface area contributed by atoms with Crippen LogP contribution in [0.1, 0.15) is 32.8 Å². The van der Waals surface area contributed by atoms with Crippen molar-refractivity contribution in [3.63, 3.8) is 0 Å². The number of amides is 2. The second kappa shape index (κ2) is 8.74. The van der Waals surface area contributed by atoms with Crippen molar-refractivity contribution in [1.29, 1.82) is 0 Å². The summed E-state index contributed by atoms with van der Waals surface area (Å²) in [4.78, 5) is 27.7. The van der Waals surface area contributed by atoms with Gasteiger partial charge < -0.3 is 16.0 Å². The number of hydrogen-bond acceptors (Lipinski definition) is 3. The van der Waals surface area contributed by atoms with Crippen LogP contribution in [-0.4, -0.2) is 41.9 Å². The summed E-state index contributed by atoms with van der Waals surface area (Å²) in [5.74, 6) is 0.257. The van der Waals surface area contributed by atoms with Gasteiger partial charge in [-0.15, -0.1) is 0 Å². The van der Waals surface area contributed by atoms with E-state index < -0.39 is 6.04 Å². The van der Waals surface area contributed by atoms with E-state index >= 15 is 0 Å². The zero-order chi connectivity index (χ0) is 20.3. The molecule has 28 heavy (non-hydrogen) atoms. The lowest BCUT2D eigenvalue weighted by atomic mass is 10.0. The lowest BCUT2D eigenvalue weighted by molar-refractivity contribution is -0.138. The molecule has 3 rings (SSSR count). The first-order chi connectivity index (χ1) is 13.4. The number of benzene rings is 2. The van der Waals surface area contributed by atoms with Crippen LogP contribution in [0.2, 0.25) is 0 Å². The van der Waals surface area contributed by atoms with E-state index in [4.69, 9.17) is 5.73 Å². The quantitative estimate of drug-likeness (QED) is 0.808. The summed E-state index contributed by atoms with van der Waals surface area (Å²) in [6.45, 7) is 7.27. The van der Waals surface area contributed by atoms with Gasteiger partial charge in [-0.2, -0.15) is 0 Å². The number of nitrogens with two attached hydrogens (primary N) is 1. The summed E-state index contributed by atoms with van der Waals surface area (Å²) in [6.07, 6.45) is 1.19. The Bertz CT molecular complexity index is 849. The topological polar surface area (TPSA) is 75.4 Å². The van der Waals surface area contributed by atoms with Crippen molar-refractivity contribution in [2.45, 2.75) is 45.7 Å². The Balaban J connectivity index is 1.67. The monoisotopic (exact) mass is 381 g/mol. The second-order valence-electron chi connectivity index (χ2n) is 8.32. The molecule has 0 bridgehead atoms. The first kappa shape index (κ1) is 20.3. The molecule has 1 saturated heterocycles. The third-order valence-electron chi connectivity index (χ3n) is 5.71. The molecule has 3 unspecified atom stereocenters. The Labute approximate surface area is 167 Å². The molecule has 5 heteroatoms. The molecule has 2 aromatic carbocycles. The lowest BCUT2D eigenvalue weighted by Crippen LogP contribution is -2.52. The van der Waals surface area contributed by atoms with E-state index in [0.717, 1.165) is 22.8 Å². The molecular formula is C23H31N3O2. The normalized spacial score (nSPS) is 20.5. The maximum Gasteiger partial charge on any atom is 0.245 e. The second-order valence-corrected chi connectivity index (χ2v) is 8.32. The van der Waals surface area contributed by atoms with Gasteiger partial charge in [0.25, 0.3) is 0 Å². The highest BCUT2D eigenvalue weighted by Crippen LogP contribution is 2.24. The Morgan fingerprint density at radius 2 is 1.89 bits per heavy atom. The van der Waals surface area contributed by atoms with Gasteiger partial charge in [-0.25, -0.2) is 0 Å². The highest BCUT2D eigenvalue weighted by Gasteiger charge is 2.36. The van der Waals surface area contributed by atoms with Crippen LogP contribution in [0.3, 0.4) is 0 Å². The standard InChI is InChI=1S/C23H31N3O2/c1-15(2)22(23(28)26-14-18(13-24)10-16(26)3)25-21(27)12-17-8-9-19-6-4-5-7-20(19)11-17/h4-9,11,15-16,18,22H,10,12-14,24H2,1-3H3,(H,25,27). The van der Waals surface area contributed by atoms with E-state index in [9.17, 15) is 9.59 Å². The van der Waals surface area contributed by atoms with Crippen molar-refractivity contribution in [3.8, 4) is 0 Å². The van der Waals surface area contributed by atoms with E-state index in [1.165, 1.54) is 0 Å². The molecule has 0 saturated carbocycles. The summed E-state index contributed by atoms with van der Waals surface area (Å²) < 4.78 is 0. The average molecular weight is 382 g/mol. The average Bonchev–Trinajstić information content (AvgIpc) is 3.06. The third-order valence-corrected chi connectivity index (χ3v) is 5.71. The van der Waals surface area contributed by atoms with E-state index in [0.29, 0.717) is 19.0 Å². The Kier molecular flexibility index (Phi) is 6.35. The van der Waals surface area contributed by atoms with Crippen LogP contribution in [0.25, 0.3) is 10.8 Å².